The molecule has 1 heterocycles. The van der Waals surface area contributed by atoms with Gasteiger partial charge < -0.3 is 0 Å². The molecular weight excluding hydrogens is 148 g/mol. The zero-order chi connectivity index (χ0) is 9.19. The summed E-state index contributed by atoms with van der Waals surface area (Å²) in [5.41, 5.74) is 0.232. The third-order valence-electron chi connectivity index (χ3n) is 2.55. The Labute approximate surface area is 75.2 Å². The first-order valence-electron chi connectivity index (χ1n) is 4.68. The van der Waals surface area contributed by atoms with Gasteiger partial charge in [-0.1, -0.05) is 0 Å². The number of likely N-dealkylation sites (tertiary alicyclic amines) is 1. The van der Waals surface area contributed by atoms with Crippen LogP contribution in [-0.4, -0.2) is 23.5 Å². The number of nitrogens with zero attached hydrogens (tertiary/aromatic N) is 2. The van der Waals surface area contributed by atoms with E-state index < -0.39 is 0 Å². The van der Waals surface area contributed by atoms with Crippen LogP contribution in [0.25, 0.3) is 0 Å². The van der Waals surface area contributed by atoms with Crippen LogP contribution < -0.4 is 0 Å². The van der Waals surface area contributed by atoms with E-state index >= 15 is 0 Å². The zero-order valence-corrected chi connectivity index (χ0v) is 8.30. The lowest BCUT2D eigenvalue weighted by atomic mass is 9.94. The van der Waals surface area contributed by atoms with E-state index in [-0.39, 0.29) is 11.5 Å². The Morgan fingerprint density at radius 3 is 2.58 bits per heavy atom. The molecule has 1 aliphatic rings. The molecular formula is C10H18N2. The molecule has 12 heavy (non-hydrogen) atoms. The van der Waals surface area contributed by atoms with Crippen molar-refractivity contribution in [1.82, 2.24) is 4.90 Å². The van der Waals surface area contributed by atoms with Crippen LogP contribution in [0.5, 0.6) is 0 Å². The van der Waals surface area contributed by atoms with Gasteiger partial charge in [-0.25, -0.2) is 0 Å². The third-order valence-corrected chi connectivity index (χ3v) is 2.55. The fraction of sp³-hybridized carbons (Fsp3) is 0.900. The van der Waals surface area contributed by atoms with E-state index in [2.05, 4.69) is 31.7 Å². The topological polar surface area (TPSA) is 27.0 Å². The van der Waals surface area contributed by atoms with Crippen molar-refractivity contribution in [2.45, 2.75) is 39.2 Å². The highest BCUT2D eigenvalue weighted by Crippen LogP contribution is 2.22. The summed E-state index contributed by atoms with van der Waals surface area (Å²) < 4.78 is 0. The smallest absolute Gasteiger partial charge is 0.0669 e. The van der Waals surface area contributed by atoms with Crippen LogP contribution in [0.15, 0.2) is 0 Å². The molecule has 2 heteroatoms. The maximum atomic E-state index is 8.80. The molecule has 1 fully saturated rings. The predicted molar refractivity (Wildman–Crippen MR) is 49.7 cm³/mol. The minimum absolute atomic E-state index is 0.232. The molecule has 0 aromatic heterocycles. The summed E-state index contributed by atoms with van der Waals surface area (Å²) in [4.78, 5) is 2.41. The van der Waals surface area contributed by atoms with E-state index in [0.717, 1.165) is 19.5 Å². The second-order valence-electron chi connectivity index (χ2n) is 4.59. The second kappa shape index (κ2) is 3.45. The summed E-state index contributed by atoms with van der Waals surface area (Å²) in [5.74, 6) is 0.262. The molecule has 0 saturated carbocycles. The highest BCUT2D eigenvalue weighted by Gasteiger charge is 2.27. The number of hydrogen-bond acceptors (Lipinski definition) is 2. The monoisotopic (exact) mass is 166 g/mol. The van der Waals surface area contributed by atoms with Crippen LogP contribution in [0.4, 0.5) is 0 Å². The Balaban J connectivity index is 2.53. The van der Waals surface area contributed by atoms with E-state index in [1.54, 1.807) is 0 Å². The lowest BCUT2D eigenvalue weighted by Crippen LogP contribution is -2.46. The Hall–Kier alpha value is -0.550. The highest BCUT2D eigenvalue weighted by molar-refractivity contribution is 4.91. The fourth-order valence-corrected chi connectivity index (χ4v) is 1.69. The Morgan fingerprint density at radius 2 is 2.08 bits per heavy atom. The minimum atomic E-state index is 0.232. The van der Waals surface area contributed by atoms with Crippen LogP contribution >= 0.6 is 0 Å². The zero-order valence-electron chi connectivity index (χ0n) is 8.30. The highest BCUT2D eigenvalue weighted by atomic mass is 15.2. The number of hydrogen-bond donors (Lipinski definition) is 0. The summed E-state index contributed by atoms with van der Waals surface area (Å²) in [6.07, 6.45) is 2.26. The molecule has 0 amide bonds. The van der Waals surface area contributed by atoms with Gasteiger partial charge in [0.05, 0.1) is 12.0 Å². The fourth-order valence-electron chi connectivity index (χ4n) is 1.69. The van der Waals surface area contributed by atoms with Crippen molar-refractivity contribution in [2.75, 3.05) is 13.1 Å². The minimum Gasteiger partial charge on any atom is -0.297 e. The molecule has 0 N–H and O–H groups in total. The van der Waals surface area contributed by atoms with Crippen LogP contribution in [-0.2, 0) is 0 Å². The summed E-state index contributed by atoms with van der Waals surface area (Å²) >= 11 is 0. The van der Waals surface area contributed by atoms with Gasteiger partial charge in [0.25, 0.3) is 0 Å². The summed E-state index contributed by atoms with van der Waals surface area (Å²) in [6.45, 7) is 8.76. The van der Waals surface area contributed by atoms with Crippen molar-refractivity contribution in [1.29, 1.82) is 5.26 Å². The number of piperidine rings is 1. The molecule has 2 nitrogen and oxygen atoms in total. The summed E-state index contributed by atoms with van der Waals surface area (Å²) in [7, 11) is 0. The van der Waals surface area contributed by atoms with Gasteiger partial charge in [-0.2, -0.15) is 5.26 Å². The van der Waals surface area contributed by atoms with Gasteiger partial charge in [-0.3, -0.25) is 4.90 Å². The molecule has 0 bridgehead atoms. The van der Waals surface area contributed by atoms with E-state index in [4.69, 9.17) is 5.26 Å². The maximum Gasteiger partial charge on any atom is 0.0669 e. The van der Waals surface area contributed by atoms with E-state index in [1.165, 1.54) is 6.42 Å². The van der Waals surface area contributed by atoms with Crippen molar-refractivity contribution in [3.8, 4) is 6.07 Å². The Morgan fingerprint density at radius 1 is 1.42 bits per heavy atom. The first-order valence-corrected chi connectivity index (χ1v) is 4.68. The average Bonchev–Trinajstić information content (AvgIpc) is 2.03. The molecule has 0 aromatic carbocycles. The quantitative estimate of drug-likeness (QED) is 0.550. The Bertz CT molecular complexity index is 185. The van der Waals surface area contributed by atoms with E-state index in [0.29, 0.717) is 0 Å². The molecule has 1 rings (SSSR count). The summed E-state index contributed by atoms with van der Waals surface area (Å²) in [6, 6.07) is 2.36. The molecule has 1 aliphatic heterocycles. The SMILES string of the molecule is CC(C)(C)N1CCC[C@@H](C#N)C1. The van der Waals surface area contributed by atoms with Crippen LogP contribution in [0.1, 0.15) is 33.6 Å². The second-order valence-corrected chi connectivity index (χ2v) is 4.59. The van der Waals surface area contributed by atoms with Crippen LogP contribution in [0.3, 0.4) is 0 Å². The van der Waals surface area contributed by atoms with Crippen molar-refractivity contribution in [2.24, 2.45) is 5.92 Å². The van der Waals surface area contributed by atoms with Gasteiger partial charge in [-0.15, -0.1) is 0 Å². The molecule has 1 atom stereocenters. The largest absolute Gasteiger partial charge is 0.297 e. The number of rotatable bonds is 0. The predicted octanol–water partition coefficient (Wildman–Crippen LogP) is 2.02. The van der Waals surface area contributed by atoms with Gasteiger partial charge in [0.15, 0.2) is 0 Å². The average molecular weight is 166 g/mol. The van der Waals surface area contributed by atoms with Gasteiger partial charge >= 0.3 is 0 Å². The first kappa shape index (κ1) is 9.54. The number of nitriles is 1. The maximum absolute atomic E-state index is 8.80. The lowest BCUT2D eigenvalue weighted by molar-refractivity contribution is 0.0934. The van der Waals surface area contributed by atoms with Crippen molar-refractivity contribution >= 4 is 0 Å². The van der Waals surface area contributed by atoms with Gasteiger partial charge in [-0.05, 0) is 40.2 Å². The molecule has 1 saturated heterocycles. The Kier molecular flexibility index (Phi) is 2.74. The van der Waals surface area contributed by atoms with Gasteiger partial charge in [0.2, 0.25) is 0 Å². The first-order chi connectivity index (χ1) is 5.54. The van der Waals surface area contributed by atoms with Gasteiger partial charge in [0, 0.05) is 12.1 Å². The van der Waals surface area contributed by atoms with Crippen molar-refractivity contribution < 1.29 is 0 Å². The molecule has 68 valence electrons. The third kappa shape index (κ3) is 2.22. The van der Waals surface area contributed by atoms with Gasteiger partial charge in [0.1, 0.15) is 0 Å². The van der Waals surface area contributed by atoms with E-state index in [1.807, 2.05) is 0 Å². The van der Waals surface area contributed by atoms with Crippen molar-refractivity contribution in [3.05, 3.63) is 0 Å². The molecule has 0 unspecified atom stereocenters. The van der Waals surface area contributed by atoms with Crippen molar-refractivity contribution in [3.63, 3.8) is 0 Å². The standard InChI is InChI=1S/C10H18N2/c1-10(2,3)12-6-4-5-9(7-11)8-12/h9H,4-6,8H2,1-3H3/t9-/m0/s1. The molecule has 0 spiro atoms. The lowest BCUT2D eigenvalue weighted by Gasteiger charge is -2.39. The van der Waals surface area contributed by atoms with Crippen LogP contribution in [0, 0.1) is 17.2 Å². The van der Waals surface area contributed by atoms with Crippen LogP contribution in [0.2, 0.25) is 0 Å². The van der Waals surface area contributed by atoms with E-state index in [9.17, 15) is 0 Å². The molecule has 0 aromatic rings. The normalized spacial score (nSPS) is 26.7. The molecule has 0 aliphatic carbocycles. The summed E-state index contributed by atoms with van der Waals surface area (Å²) in [5, 5.41) is 8.80. The molecule has 0 radical (unpaired) electrons.